The van der Waals surface area contributed by atoms with Crippen LogP contribution in [0.5, 0.6) is 5.75 Å². The summed E-state index contributed by atoms with van der Waals surface area (Å²) in [5.74, 6) is -2.46. The molecule has 3 N–H and O–H groups in total. The maximum atomic E-state index is 13.8. The Labute approximate surface area is 201 Å². The number of carbonyl (C=O) groups excluding carboxylic acids is 3. The summed E-state index contributed by atoms with van der Waals surface area (Å²) >= 11 is 6.38. The highest BCUT2D eigenvalue weighted by Crippen LogP contribution is 2.54. The molecule has 9 heteroatoms. The van der Waals surface area contributed by atoms with Gasteiger partial charge in [0, 0.05) is 18.2 Å². The molecule has 2 aromatic carbocycles. The summed E-state index contributed by atoms with van der Waals surface area (Å²) in [4.78, 5) is 42.3. The minimum absolute atomic E-state index is 0.145. The minimum Gasteiger partial charge on any atom is -0.508 e. The molecule has 3 fully saturated rings. The van der Waals surface area contributed by atoms with Crippen molar-refractivity contribution in [1.29, 1.82) is 0 Å². The first-order valence-corrected chi connectivity index (χ1v) is 11.9. The lowest BCUT2D eigenvalue weighted by atomic mass is 9.76. The molecule has 3 saturated heterocycles. The third-order valence-corrected chi connectivity index (χ3v) is 7.91. The Morgan fingerprint density at radius 2 is 1.91 bits per heavy atom. The van der Waals surface area contributed by atoms with E-state index >= 15 is 0 Å². The SMILES string of the molecule is O=C1[C@H]2[C@H](Cc3ccc(O)cc3)N[C@@]3(C(=O)Nc4c(Cl)cccc43)[C@H]2C(=O)N1C[C@H]1CCCO1. The van der Waals surface area contributed by atoms with Crippen LogP contribution in [0.4, 0.5) is 5.69 Å². The molecule has 34 heavy (non-hydrogen) atoms. The number of likely N-dealkylation sites (tertiary alicyclic amines) is 1. The smallest absolute Gasteiger partial charge is 0.250 e. The van der Waals surface area contributed by atoms with E-state index in [1.54, 1.807) is 42.5 Å². The molecule has 6 rings (SSSR count). The van der Waals surface area contributed by atoms with Gasteiger partial charge in [0.25, 0.3) is 0 Å². The van der Waals surface area contributed by atoms with Crippen molar-refractivity contribution >= 4 is 35.0 Å². The van der Waals surface area contributed by atoms with Gasteiger partial charge in [0.05, 0.1) is 35.2 Å². The number of carbonyl (C=O) groups is 3. The first-order chi connectivity index (χ1) is 16.4. The third kappa shape index (κ3) is 3.02. The molecule has 1 spiro atoms. The standard InChI is InChI=1S/C25H24ClN3O5/c26-17-5-1-4-16-21(17)27-24(33)25(16)20-19(18(28-25)11-13-6-8-14(30)9-7-13)22(31)29(23(20)32)12-15-3-2-10-34-15/h1,4-9,15,18-20,28,30H,2-3,10-12H2,(H,27,33)/t15-,18+,19+,20-,25-/m1/s1. The second-order valence-electron chi connectivity index (χ2n) is 9.47. The van der Waals surface area contributed by atoms with Gasteiger partial charge in [0.2, 0.25) is 17.7 Å². The topological polar surface area (TPSA) is 108 Å². The number of aromatic hydroxyl groups is 1. The molecule has 0 unspecified atom stereocenters. The number of hydrogen-bond donors (Lipinski definition) is 3. The van der Waals surface area contributed by atoms with Crippen molar-refractivity contribution in [3.8, 4) is 5.75 Å². The van der Waals surface area contributed by atoms with Crippen molar-refractivity contribution in [2.24, 2.45) is 11.8 Å². The van der Waals surface area contributed by atoms with Gasteiger partial charge in [-0.1, -0.05) is 35.9 Å². The lowest BCUT2D eigenvalue weighted by Crippen LogP contribution is -2.54. The molecule has 2 aromatic rings. The lowest BCUT2D eigenvalue weighted by molar-refractivity contribution is -0.144. The van der Waals surface area contributed by atoms with Gasteiger partial charge in [-0.2, -0.15) is 0 Å². The molecule has 176 valence electrons. The van der Waals surface area contributed by atoms with E-state index in [9.17, 15) is 19.5 Å². The van der Waals surface area contributed by atoms with Crippen molar-refractivity contribution in [1.82, 2.24) is 10.2 Å². The van der Waals surface area contributed by atoms with E-state index in [1.165, 1.54) is 4.90 Å². The van der Waals surface area contributed by atoms with E-state index in [0.29, 0.717) is 29.3 Å². The number of halogens is 1. The normalized spacial score (nSPS) is 31.9. The van der Waals surface area contributed by atoms with Crippen LogP contribution < -0.4 is 10.6 Å². The van der Waals surface area contributed by atoms with Crippen LogP contribution >= 0.6 is 11.6 Å². The van der Waals surface area contributed by atoms with Crippen molar-refractivity contribution in [2.75, 3.05) is 18.5 Å². The van der Waals surface area contributed by atoms with Gasteiger partial charge < -0.3 is 15.2 Å². The van der Waals surface area contributed by atoms with E-state index in [0.717, 1.165) is 18.4 Å². The zero-order chi connectivity index (χ0) is 23.6. The minimum atomic E-state index is -1.38. The van der Waals surface area contributed by atoms with Gasteiger partial charge in [-0.3, -0.25) is 24.6 Å². The van der Waals surface area contributed by atoms with Crippen molar-refractivity contribution in [3.63, 3.8) is 0 Å². The van der Waals surface area contributed by atoms with E-state index in [4.69, 9.17) is 16.3 Å². The van der Waals surface area contributed by atoms with Crippen LogP contribution in [0.25, 0.3) is 0 Å². The Hall–Kier alpha value is -2.94. The number of benzene rings is 2. The molecule has 0 radical (unpaired) electrons. The number of nitrogens with one attached hydrogen (secondary N) is 2. The Morgan fingerprint density at radius 1 is 1.12 bits per heavy atom. The Morgan fingerprint density at radius 3 is 2.65 bits per heavy atom. The third-order valence-electron chi connectivity index (χ3n) is 7.59. The van der Waals surface area contributed by atoms with Gasteiger partial charge in [-0.15, -0.1) is 0 Å². The van der Waals surface area contributed by atoms with Gasteiger partial charge in [-0.05, 0) is 43.0 Å². The van der Waals surface area contributed by atoms with Crippen molar-refractivity contribution in [3.05, 3.63) is 58.6 Å². The Balaban J connectivity index is 1.43. The number of hydrogen-bond acceptors (Lipinski definition) is 6. The maximum Gasteiger partial charge on any atom is 0.250 e. The van der Waals surface area contributed by atoms with Gasteiger partial charge >= 0.3 is 0 Å². The first kappa shape index (κ1) is 21.6. The fourth-order valence-corrected chi connectivity index (χ4v) is 6.31. The van der Waals surface area contributed by atoms with E-state index in [2.05, 4.69) is 10.6 Å². The van der Waals surface area contributed by atoms with Gasteiger partial charge in [0.1, 0.15) is 11.3 Å². The molecular weight excluding hydrogens is 458 g/mol. The molecular formula is C25H24ClN3O5. The monoisotopic (exact) mass is 481 g/mol. The summed E-state index contributed by atoms with van der Waals surface area (Å²) in [5, 5.41) is 16.3. The highest BCUT2D eigenvalue weighted by molar-refractivity contribution is 6.35. The molecule has 4 heterocycles. The number of fused-ring (bicyclic) bond motifs is 4. The van der Waals surface area contributed by atoms with E-state index in [1.807, 2.05) is 0 Å². The van der Waals surface area contributed by atoms with Crippen LogP contribution in [0.3, 0.4) is 0 Å². The maximum absolute atomic E-state index is 13.8. The summed E-state index contributed by atoms with van der Waals surface area (Å²) in [6, 6.07) is 11.5. The summed E-state index contributed by atoms with van der Waals surface area (Å²) in [5.41, 5.74) is 0.565. The van der Waals surface area contributed by atoms with Crippen LogP contribution in [-0.2, 0) is 31.1 Å². The van der Waals surface area contributed by atoms with Gasteiger partial charge in [0.15, 0.2) is 0 Å². The fourth-order valence-electron chi connectivity index (χ4n) is 6.09. The van der Waals surface area contributed by atoms with Crippen molar-refractivity contribution in [2.45, 2.75) is 36.9 Å². The Kier molecular flexibility index (Phi) is 4.95. The number of para-hydroxylation sites is 1. The lowest BCUT2D eigenvalue weighted by Gasteiger charge is -2.30. The van der Waals surface area contributed by atoms with E-state index in [-0.39, 0.29) is 36.1 Å². The molecule has 0 aromatic heterocycles. The highest BCUT2D eigenvalue weighted by Gasteiger charge is 2.70. The second kappa shape index (κ2) is 7.80. The number of nitrogens with zero attached hydrogens (tertiary/aromatic N) is 1. The molecule has 5 atom stereocenters. The average molecular weight is 482 g/mol. The average Bonchev–Trinajstić information content (AvgIpc) is 3.56. The molecule has 4 aliphatic rings. The zero-order valence-corrected chi connectivity index (χ0v) is 19.0. The van der Waals surface area contributed by atoms with Gasteiger partial charge in [-0.25, -0.2) is 0 Å². The van der Waals surface area contributed by atoms with Crippen LogP contribution in [0.15, 0.2) is 42.5 Å². The molecule has 3 amide bonds. The summed E-state index contributed by atoms with van der Waals surface area (Å²) in [6.07, 6.45) is 1.94. The number of ether oxygens (including phenoxy) is 1. The summed E-state index contributed by atoms with van der Waals surface area (Å²) in [7, 11) is 0. The molecule has 0 aliphatic carbocycles. The molecule has 8 nitrogen and oxygen atoms in total. The second-order valence-corrected chi connectivity index (χ2v) is 9.88. The van der Waals surface area contributed by atoms with Crippen LogP contribution in [-0.4, -0.2) is 53.0 Å². The number of phenolic OH excluding ortho intramolecular Hbond substituents is 1. The number of rotatable bonds is 4. The van der Waals surface area contributed by atoms with Crippen molar-refractivity contribution < 1.29 is 24.2 Å². The summed E-state index contributed by atoms with van der Waals surface area (Å²) in [6.45, 7) is 0.827. The number of amides is 3. The van der Waals surface area contributed by atoms with Crippen LogP contribution in [0, 0.1) is 11.8 Å². The highest BCUT2D eigenvalue weighted by atomic mass is 35.5. The zero-order valence-electron chi connectivity index (χ0n) is 18.3. The number of anilines is 1. The van der Waals surface area contributed by atoms with E-state index < -0.39 is 23.4 Å². The largest absolute Gasteiger partial charge is 0.508 e. The molecule has 0 bridgehead atoms. The Bertz CT molecular complexity index is 1200. The number of phenols is 1. The number of imide groups is 1. The summed E-state index contributed by atoms with van der Waals surface area (Å²) < 4.78 is 5.70. The quantitative estimate of drug-likeness (QED) is 0.578. The fraction of sp³-hybridized carbons (Fsp3) is 0.400. The first-order valence-electron chi connectivity index (χ1n) is 11.5. The molecule has 0 saturated carbocycles. The predicted molar refractivity (Wildman–Crippen MR) is 123 cm³/mol. The molecule has 4 aliphatic heterocycles. The van der Waals surface area contributed by atoms with Crippen LogP contribution in [0.2, 0.25) is 5.02 Å². The predicted octanol–water partition coefficient (Wildman–Crippen LogP) is 2.19. The van der Waals surface area contributed by atoms with Crippen LogP contribution in [0.1, 0.15) is 24.0 Å².